The van der Waals surface area contributed by atoms with E-state index in [0.717, 1.165) is 5.92 Å². The SMILES string of the molecule is CCC(C)c1ccc(C(Br)C2(CC(C)C)CCCC2)cc1. The van der Waals surface area contributed by atoms with Gasteiger partial charge in [0.1, 0.15) is 0 Å². The average molecular weight is 351 g/mol. The quantitative estimate of drug-likeness (QED) is 0.474. The topological polar surface area (TPSA) is 0 Å². The summed E-state index contributed by atoms with van der Waals surface area (Å²) >= 11 is 4.08. The van der Waals surface area contributed by atoms with E-state index in [1.807, 2.05) is 0 Å². The van der Waals surface area contributed by atoms with Crippen molar-refractivity contribution >= 4 is 15.9 Å². The highest BCUT2D eigenvalue weighted by Gasteiger charge is 2.40. The second-order valence-electron chi connectivity index (χ2n) is 7.51. The van der Waals surface area contributed by atoms with E-state index in [1.165, 1.54) is 49.7 Å². The molecule has 2 unspecified atom stereocenters. The van der Waals surface area contributed by atoms with Gasteiger partial charge in [-0.15, -0.1) is 0 Å². The highest BCUT2D eigenvalue weighted by atomic mass is 79.9. The van der Waals surface area contributed by atoms with E-state index in [2.05, 4.69) is 67.9 Å². The molecule has 0 aliphatic heterocycles. The third-order valence-corrected chi connectivity index (χ3v) is 6.86. The summed E-state index contributed by atoms with van der Waals surface area (Å²) in [5.41, 5.74) is 3.43. The fourth-order valence-electron chi connectivity index (χ4n) is 4.04. The van der Waals surface area contributed by atoms with Crippen LogP contribution in [0.5, 0.6) is 0 Å². The van der Waals surface area contributed by atoms with E-state index in [1.54, 1.807) is 0 Å². The molecule has 0 nitrogen and oxygen atoms in total. The molecular weight excluding hydrogens is 320 g/mol. The molecule has 1 aliphatic carbocycles. The van der Waals surface area contributed by atoms with Gasteiger partial charge in [-0.1, -0.05) is 80.7 Å². The fourth-order valence-corrected chi connectivity index (χ4v) is 4.99. The van der Waals surface area contributed by atoms with Crippen molar-refractivity contribution in [3.63, 3.8) is 0 Å². The van der Waals surface area contributed by atoms with Crippen LogP contribution in [-0.4, -0.2) is 0 Å². The molecular formula is C20H31Br. The van der Waals surface area contributed by atoms with E-state index in [9.17, 15) is 0 Å². The summed E-state index contributed by atoms with van der Waals surface area (Å²) in [7, 11) is 0. The first-order valence-electron chi connectivity index (χ1n) is 8.72. The predicted octanol–water partition coefficient (Wildman–Crippen LogP) is 7.24. The van der Waals surface area contributed by atoms with Gasteiger partial charge in [0.2, 0.25) is 0 Å². The van der Waals surface area contributed by atoms with Crippen LogP contribution >= 0.6 is 15.9 Å². The Morgan fingerprint density at radius 1 is 1.00 bits per heavy atom. The molecule has 1 aromatic rings. The Morgan fingerprint density at radius 2 is 1.52 bits per heavy atom. The lowest BCUT2D eigenvalue weighted by Crippen LogP contribution is -2.24. The molecule has 0 bridgehead atoms. The Balaban J connectivity index is 2.19. The van der Waals surface area contributed by atoms with Gasteiger partial charge in [0.25, 0.3) is 0 Å². The van der Waals surface area contributed by atoms with Gasteiger partial charge in [-0.2, -0.15) is 0 Å². The Labute approximate surface area is 139 Å². The largest absolute Gasteiger partial charge is 0.0833 e. The maximum absolute atomic E-state index is 4.08. The van der Waals surface area contributed by atoms with Gasteiger partial charge in [0.05, 0.1) is 0 Å². The van der Waals surface area contributed by atoms with Gasteiger partial charge >= 0.3 is 0 Å². The van der Waals surface area contributed by atoms with Gasteiger partial charge in [0, 0.05) is 4.83 Å². The van der Waals surface area contributed by atoms with E-state index < -0.39 is 0 Å². The second kappa shape index (κ2) is 7.31. The lowest BCUT2D eigenvalue weighted by atomic mass is 9.74. The fraction of sp³-hybridized carbons (Fsp3) is 0.700. The standard InChI is InChI=1S/C20H31Br/c1-5-16(4)17-8-10-18(11-9-17)19(21)20(14-15(2)3)12-6-7-13-20/h8-11,15-16,19H,5-7,12-14H2,1-4H3. The molecule has 0 saturated heterocycles. The Bertz CT molecular complexity index is 426. The van der Waals surface area contributed by atoms with Gasteiger partial charge < -0.3 is 0 Å². The van der Waals surface area contributed by atoms with Crippen molar-refractivity contribution in [3.05, 3.63) is 35.4 Å². The molecule has 0 heterocycles. The molecule has 2 rings (SSSR count). The highest BCUT2D eigenvalue weighted by molar-refractivity contribution is 9.09. The zero-order chi connectivity index (χ0) is 15.5. The van der Waals surface area contributed by atoms with Crippen LogP contribution in [0, 0.1) is 11.3 Å². The molecule has 1 aliphatic rings. The van der Waals surface area contributed by atoms with Crippen LogP contribution in [0.25, 0.3) is 0 Å². The molecule has 2 atom stereocenters. The molecule has 1 saturated carbocycles. The summed E-state index contributed by atoms with van der Waals surface area (Å²) in [5, 5.41) is 0. The molecule has 0 amide bonds. The minimum atomic E-state index is 0.478. The summed E-state index contributed by atoms with van der Waals surface area (Å²) in [6, 6.07) is 9.41. The van der Waals surface area contributed by atoms with Gasteiger partial charge in [-0.05, 0) is 54.1 Å². The van der Waals surface area contributed by atoms with Crippen LogP contribution in [-0.2, 0) is 0 Å². The molecule has 1 aromatic carbocycles. The minimum absolute atomic E-state index is 0.478. The third-order valence-electron chi connectivity index (χ3n) is 5.36. The average Bonchev–Trinajstić information content (AvgIpc) is 2.94. The Morgan fingerprint density at radius 3 is 2.00 bits per heavy atom. The molecule has 0 radical (unpaired) electrons. The van der Waals surface area contributed by atoms with Gasteiger partial charge in [-0.3, -0.25) is 0 Å². The van der Waals surface area contributed by atoms with Crippen molar-refractivity contribution in [2.75, 3.05) is 0 Å². The van der Waals surface area contributed by atoms with Gasteiger partial charge in [0.15, 0.2) is 0 Å². The first-order chi connectivity index (χ1) is 9.98. The lowest BCUT2D eigenvalue weighted by molar-refractivity contribution is 0.230. The monoisotopic (exact) mass is 350 g/mol. The van der Waals surface area contributed by atoms with E-state index >= 15 is 0 Å². The van der Waals surface area contributed by atoms with Gasteiger partial charge in [-0.25, -0.2) is 0 Å². The summed E-state index contributed by atoms with van der Waals surface area (Å²) in [5.74, 6) is 1.45. The maximum Gasteiger partial charge on any atom is 0.0451 e. The summed E-state index contributed by atoms with van der Waals surface area (Å²) in [4.78, 5) is 0.515. The number of halogens is 1. The second-order valence-corrected chi connectivity index (χ2v) is 8.42. The zero-order valence-electron chi connectivity index (χ0n) is 14.2. The number of benzene rings is 1. The smallest absolute Gasteiger partial charge is 0.0451 e. The van der Waals surface area contributed by atoms with Crippen LogP contribution in [0.4, 0.5) is 0 Å². The lowest BCUT2D eigenvalue weighted by Gasteiger charge is -2.36. The first kappa shape index (κ1) is 17.1. The summed E-state index contributed by atoms with van der Waals surface area (Å²) < 4.78 is 0. The molecule has 1 fully saturated rings. The van der Waals surface area contributed by atoms with Crippen molar-refractivity contribution in [2.45, 2.75) is 77.0 Å². The molecule has 0 aromatic heterocycles. The molecule has 0 spiro atoms. The van der Waals surface area contributed by atoms with Crippen molar-refractivity contribution in [3.8, 4) is 0 Å². The molecule has 21 heavy (non-hydrogen) atoms. The normalized spacial score (nSPS) is 20.7. The Hall–Kier alpha value is -0.300. The molecule has 1 heteroatoms. The summed E-state index contributed by atoms with van der Waals surface area (Å²) in [6.45, 7) is 9.32. The van der Waals surface area contributed by atoms with Crippen LogP contribution in [0.15, 0.2) is 24.3 Å². The van der Waals surface area contributed by atoms with Crippen molar-refractivity contribution in [2.24, 2.45) is 11.3 Å². The maximum atomic E-state index is 4.08. The van der Waals surface area contributed by atoms with Crippen molar-refractivity contribution < 1.29 is 0 Å². The van der Waals surface area contributed by atoms with Crippen LogP contribution in [0.3, 0.4) is 0 Å². The van der Waals surface area contributed by atoms with E-state index in [4.69, 9.17) is 0 Å². The van der Waals surface area contributed by atoms with Crippen molar-refractivity contribution in [1.82, 2.24) is 0 Å². The molecule has 0 N–H and O–H groups in total. The molecule has 118 valence electrons. The minimum Gasteiger partial charge on any atom is -0.0833 e. The van der Waals surface area contributed by atoms with Crippen molar-refractivity contribution in [1.29, 1.82) is 0 Å². The summed E-state index contributed by atoms with van der Waals surface area (Å²) in [6.07, 6.45) is 8.13. The predicted molar refractivity (Wildman–Crippen MR) is 97.2 cm³/mol. The first-order valence-corrected chi connectivity index (χ1v) is 9.64. The van der Waals surface area contributed by atoms with E-state index in [-0.39, 0.29) is 0 Å². The number of hydrogen-bond donors (Lipinski definition) is 0. The van der Waals surface area contributed by atoms with Crippen LogP contribution in [0.2, 0.25) is 0 Å². The number of alkyl halides is 1. The Kier molecular flexibility index (Phi) is 5.94. The number of hydrogen-bond acceptors (Lipinski definition) is 0. The van der Waals surface area contributed by atoms with E-state index in [0.29, 0.717) is 16.2 Å². The van der Waals surface area contributed by atoms with Crippen LogP contribution in [0.1, 0.15) is 88.1 Å². The highest BCUT2D eigenvalue weighted by Crippen LogP contribution is 2.55. The number of rotatable bonds is 6. The third kappa shape index (κ3) is 3.92. The zero-order valence-corrected chi connectivity index (χ0v) is 15.7. The van der Waals surface area contributed by atoms with Crippen LogP contribution < -0.4 is 0 Å².